The Hall–Kier alpha value is -3.46. The van der Waals surface area contributed by atoms with Gasteiger partial charge in [0.1, 0.15) is 0 Å². The minimum Gasteiger partial charge on any atom is -0.352 e. The predicted molar refractivity (Wildman–Crippen MR) is 142 cm³/mol. The van der Waals surface area contributed by atoms with E-state index in [0.29, 0.717) is 0 Å². The van der Waals surface area contributed by atoms with Crippen LogP contribution in [-0.4, -0.2) is 9.97 Å². The van der Waals surface area contributed by atoms with Crippen LogP contribution in [0.4, 0.5) is 11.4 Å². The van der Waals surface area contributed by atoms with Crippen molar-refractivity contribution in [2.24, 2.45) is 0 Å². The van der Waals surface area contributed by atoms with E-state index >= 15 is 0 Å². The van der Waals surface area contributed by atoms with Gasteiger partial charge in [0.2, 0.25) is 0 Å². The summed E-state index contributed by atoms with van der Waals surface area (Å²) < 4.78 is 0. The molecule has 33 heavy (non-hydrogen) atoms. The number of anilines is 2. The normalized spacial score (nSPS) is 12.5. The molecule has 3 heteroatoms. The number of aromatic nitrogens is 2. The molecule has 5 rings (SSSR count). The molecule has 3 nitrogen and oxygen atoms in total. The highest BCUT2D eigenvalue weighted by molar-refractivity contribution is 6.10. The molecule has 0 saturated carbocycles. The van der Waals surface area contributed by atoms with E-state index in [0.717, 1.165) is 33.2 Å². The number of hydrogen-bond donors (Lipinski definition) is 1. The molecule has 1 N–H and O–H groups in total. The molecular weight excluding hydrogens is 402 g/mol. The van der Waals surface area contributed by atoms with Gasteiger partial charge in [-0.3, -0.25) is 9.97 Å². The second-order valence-corrected chi connectivity index (χ2v) is 11.0. The van der Waals surface area contributed by atoms with Crippen molar-refractivity contribution in [3.8, 4) is 0 Å². The summed E-state index contributed by atoms with van der Waals surface area (Å²) in [5.74, 6) is 0. The first-order valence-corrected chi connectivity index (χ1v) is 11.6. The van der Waals surface area contributed by atoms with E-state index in [1.165, 1.54) is 21.9 Å². The molecule has 2 aromatic heterocycles. The average molecular weight is 434 g/mol. The average Bonchev–Trinajstić information content (AvgIpc) is 2.77. The first-order chi connectivity index (χ1) is 15.6. The maximum atomic E-state index is 4.90. The maximum absolute atomic E-state index is 4.90. The van der Waals surface area contributed by atoms with Crippen molar-refractivity contribution in [3.63, 3.8) is 0 Å². The third-order valence-electron chi connectivity index (χ3n) is 6.40. The minimum absolute atomic E-state index is 0.00907. The summed E-state index contributed by atoms with van der Waals surface area (Å²) in [5, 5.41) is 8.45. The molecule has 0 aliphatic heterocycles. The highest BCUT2D eigenvalue weighted by atomic mass is 14.9. The van der Waals surface area contributed by atoms with Crippen LogP contribution >= 0.6 is 0 Å². The third-order valence-corrected chi connectivity index (χ3v) is 6.40. The first-order valence-electron chi connectivity index (χ1n) is 11.6. The van der Waals surface area contributed by atoms with Gasteiger partial charge in [0.05, 0.1) is 22.4 Å². The Morgan fingerprint density at radius 1 is 0.606 bits per heavy atom. The molecule has 0 unspecified atom stereocenters. The lowest BCUT2D eigenvalue weighted by molar-refractivity contribution is 0.591. The Balaban J connectivity index is 1.79. The first kappa shape index (κ1) is 21.4. The number of benzene rings is 3. The molecule has 0 aliphatic carbocycles. The Bertz CT molecular complexity index is 1500. The Kier molecular flexibility index (Phi) is 4.89. The number of nitrogens with zero attached hydrogens (tertiary/aromatic N) is 2. The van der Waals surface area contributed by atoms with Crippen LogP contribution < -0.4 is 5.32 Å². The van der Waals surface area contributed by atoms with Gasteiger partial charge in [0.15, 0.2) is 0 Å². The van der Waals surface area contributed by atoms with Gasteiger partial charge in [-0.05, 0) is 57.7 Å². The monoisotopic (exact) mass is 433 g/mol. The summed E-state index contributed by atoms with van der Waals surface area (Å²) in [6, 6.07) is 21.7. The van der Waals surface area contributed by atoms with E-state index in [9.17, 15) is 0 Å². The second kappa shape index (κ2) is 7.55. The van der Waals surface area contributed by atoms with Crippen LogP contribution in [0.15, 0.2) is 73.1 Å². The van der Waals surface area contributed by atoms with Crippen LogP contribution in [0.1, 0.15) is 52.7 Å². The molecule has 0 atom stereocenters. The zero-order valence-electron chi connectivity index (χ0n) is 20.3. The summed E-state index contributed by atoms with van der Waals surface area (Å²) in [5.41, 5.74) is 6.58. The Morgan fingerprint density at radius 2 is 1.24 bits per heavy atom. The van der Waals surface area contributed by atoms with Crippen molar-refractivity contribution in [1.29, 1.82) is 0 Å². The highest BCUT2D eigenvalue weighted by Gasteiger charge is 2.20. The molecule has 166 valence electrons. The van der Waals surface area contributed by atoms with Gasteiger partial charge in [0, 0.05) is 28.6 Å². The van der Waals surface area contributed by atoms with Gasteiger partial charge >= 0.3 is 0 Å². The molecule has 0 bridgehead atoms. The lowest BCUT2D eigenvalue weighted by Gasteiger charge is -2.24. The fourth-order valence-corrected chi connectivity index (χ4v) is 4.36. The van der Waals surface area contributed by atoms with Crippen LogP contribution in [0, 0.1) is 0 Å². The fraction of sp³-hybridized carbons (Fsp3) is 0.267. The smallest absolute Gasteiger partial charge is 0.0943 e. The molecule has 0 aliphatic rings. The standard InChI is InChI=1S/C30H31N3/c1-29(2,3)21-14-19-11-9-13-31-27(19)25(16-21)33-26-17-22(30(4,5)6)15-24-23-12-8-7-10-20(23)18-32-28(24)26/h7-18,33H,1-6H3. The van der Waals surface area contributed by atoms with E-state index in [1.807, 2.05) is 18.5 Å². The Morgan fingerprint density at radius 3 is 1.97 bits per heavy atom. The summed E-state index contributed by atoms with van der Waals surface area (Å²) in [6.07, 6.45) is 3.83. The molecule has 0 spiro atoms. The largest absolute Gasteiger partial charge is 0.352 e. The van der Waals surface area contributed by atoms with Crippen molar-refractivity contribution in [2.75, 3.05) is 5.32 Å². The molecule has 3 aromatic carbocycles. The predicted octanol–water partition coefficient (Wildman–Crippen LogP) is 8.27. The van der Waals surface area contributed by atoms with Crippen molar-refractivity contribution in [1.82, 2.24) is 9.97 Å². The molecule has 0 saturated heterocycles. The molecule has 0 amide bonds. The van der Waals surface area contributed by atoms with Crippen molar-refractivity contribution >= 4 is 44.0 Å². The molecular formula is C30H31N3. The van der Waals surface area contributed by atoms with Gasteiger partial charge in [-0.2, -0.15) is 0 Å². The van der Waals surface area contributed by atoms with Crippen molar-refractivity contribution in [3.05, 3.63) is 84.2 Å². The lowest BCUT2D eigenvalue weighted by Crippen LogP contribution is -2.13. The van der Waals surface area contributed by atoms with Gasteiger partial charge < -0.3 is 5.32 Å². The van der Waals surface area contributed by atoms with E-state index in [2.05, 4.69) is 101 Å². The van der Waals surface area contributed by atoms with Crippen LogP contribution in [0.3, 0.4) is 0 Å². The zero-order valence-corrected chi connectivity index (χ0v) is 20.3. The quantitative estimate of drug-likeness (QED) is 0.285. The van der Waals surface area contributed by atoms with Crippen LogP contribution in [0.5, 0.6) is 0 Å². The Labute approximate surface area is 195 Å². The number of hydrogen-bond acceptors (Lipinski definition) is 3. The lowest BCUT2D eigenvalue weighted by atomic mass is 9.85. The van der Waals surface area contributed by atoms with Gasteiger partial charge in [-0.25, -0.2) is 0 Å². The summed E-state index contributed by atoms with van der Waals surface area (Å²) in [6.45, 7) is 13.5. The maximum Gasteiger partial charge on any atom is 0.0943 e. The fourth-order valence-electron chi connectivity index (χ4n) is 4.36. The topological polar surface area (TPSA) is 37.8 Å². The second-order valence-electron chi connectivity index (χ2n) is 11.0. The number of nitrogens with one attached hydrogen (secondary N) is 1. The molecule has 0 fully saturated rings. The van der Waals surface area contributed by atoms with E-state index in [-0.39, 0.29) is 10.8 Å². The summed E-state index contributed by atoms with van der Waals surface area (Å²) >= 11 is 0. The number of pyridine rings is 2. The zero-order chi connectivity index (χ0) is 23.4. The SMILES string of the molecule is CC(C)(C)c1cc(Nc2cc(C(C)(C)C)cc3c2ncc2ccccc23)c2ncccc2c1. The van der Waals surface area contributed by atoms with Gasteiger partial charge in [-0.1, -0.05) is 71.9 Å². The van der Waals surface area contributed by atoms with Crippen LogP contribution in [-0.2, 0) is 10.8 Å². The van der Waals surface area contributed by atoms with Crippen molar-refractivity contribution in [2.45, 2.75) is 52.4 Å². The summed E-state index contributed by atoms with van der Waals surface area (Å²) in [7, 11) is 0. The minimum atomic E-state index is 0.00907. The third kappa shape index (κ3) is 3.93. The van der Waals surface area contributed by atoms with Crippen molar-refractivity contribution < 1.29 is 0 Å². The van der Waals surface area contributed by atoms with E-state index in [4.69, 9.17) is 9.97 Å². The number of rotatable bonds is 2. The summed E-state index contributed by atoms with van der Waals surface area (Å²) in [4.78, 5) is 9.62. The molecule has 0 radical (unpaired) electrons. The molecule has 5 aromatic rings. The van der Waals surface area contributed by atoms with Gasteiger partial charge in [-0.15, -0.1) is 0 Å². The van der Waals surface area contributed by atoms with E-state index < -0.39 is 0 Å². The van der Waals surface area contributed by atoms with E-state index in [1.54, 1.807) is 0 Å². The van der Waals surface area contributed by atoms with Gasteiger partial charge in [0.25, 0.3) is 0 Å². The van der Waals surface area contributed by atoms with Crippen LogP contribution in [0.25, 0.3) is 32.6 Å². The van der Waals surface area contributed by atoms with Crippen LogP contribution in [0.2, 0.25) is 0 Å². The number of fused-ring (bicyclic) bond motifs is 4. The molecule has 2 heterocycles. The highest BCUT2D eigenvalue weighted by Crippen LogP contribution is 2.38.